The van der Waals surface area contributed by atoms with Crippen LogP contribution >= 0.6 is 0 Å². The number of unbranched alkanes of at least 4 members (excludes halogenated alkanes) is 1. The number of carboxylic acids is 1. The average Bonchev–Trinajstić information content (AvgIpc) is 2.68. The summed E-state index contributed by atoms with van der Waals surface area (Å²) in [6, 6.07) is 0.0193. The van der Waals surface area contributed by atoms with Gasteiger partial charge in [0.05, 0.1) is 5.92 Å². The maximum absolute atomic E-state index is 12.0. The molecule has 0 bridgehead atoms. The fourth-order valence-electron chi connectivity index (χ4n) is 2.34. The molecule has 5 heteroatoms. The van der Waals surface area contributed by atoms with Crippen molar-refractivity contribution in [1.82, 2.24) is 10.2 Å². The highest BCUT2D eigenvalue weighted by molar-refractivity contribution is 5.77. The highest BCUT2D eigenvalue weighted by Gasteiger charge is 2.37. The molecule has 1 fully saturated rings. The minimum Gasteiger partial charge on any atom is -0.481 e. The number of likely N-dealkylation sites (tertiary alicyclic amines) is 1. The van der Waals surface area contributed by atoms with Crippen LogP contribution in [-0.2, 0) is 4.79 Å². The molecule has 1 aliphatic heterocycles. The Balaban J connectivity index is 2.42. The molecule has 1 rings (SSSR count). The summed E-state index contributed by atoms with van der Waals surface area (Å²) in [5.74, 6) is -1.21. The van der Waals surface area contributed by atoms with Crippen LogP contribution in [0.2, 0.25) is 0 Å². The summed E-state index contributed by atoms with van der Waals surface area (Å²) in [5, 5.41) is 12.0. The Hall–Kier alpha value is -1.26. The van der Waals surface area contributed by atoms with Crippen molar-refractivity contribution in [1.29, 1.82) is 0 Å². The van der Waals surface area contributed by atoms with Crippen LogP contribution in [0.15, 0.2) is 0 Å². The number of aliphatic carboxylic acids is 1. The maximum atomic E-state index is 12.0. The van der Waals surface area contributed by atoms with Gasteiger partial charge in [0.2, 0.25) is 0 Å². The standard InChI is InChI=1S/C13H24N2O3/c1-4-5-6-10(3)14-13(18)15-7-9(2)11(8-15)12(16)17/h9-11H,4-8H2,1-3H3,(H,14,18)(H,16,17). The van der Waals surface area contributed by atoms with Crippen LogP contribution in [0.25, 0.3) is 0 Å². The average molecular weight is 256 g/mol. The summed E-state index contributed by atoms with van der Waals surface area (Å²) in [5.41, 5.74) is 0. The Morgan fingerprint density at radius 3 is 2.61 bits per heavy atom. The summed E-state index contributed by atoms with van der Waals surface area (Å²) in [6.45, 7) is 6.84. The molecular formula is C13H24N2O3. The first kappa shape index (κ1) is 14.8. The third kappa shape index (κ3) is 3.89. The van der Waals surface area contributed by atoms with E-state index < -0.39 is 11.9 Å². The molecule has 1 aliphatic rings. The highest BCUT2D eigenvalue weighted by atomic mass is 16.4. The molecule has 104 valence electrons. The lowest BCUT2D eigenvalue weighted by Crippen LogP contribution is -2.43. The van der Waals surface area contributed by atoms with E-state index in [1.807, 2.05) is 13.8 Å². The number of nitrogens with one attached hydrogen (secondary N) is 1. The quantitative estimate of drug-likeness (QED) is 0.789. The normalized spacial score (nSPS) is 24.9. The number of amides is 2. The van der Waals surface area contributed by atoms with Crippen LogP contribution < -0.4 is 5.32 Å². The van der Waals surface area contributed by atoms with E-state index in [9.17, 15) is 9.59 Å². The molecule has 0 aliphatic carbocycles. The van der Waals surface area contributed by atoms with E-state index in [4.69, 9.17) is 5.11 Å². The molecule has 18 heavy (non-hydrogen) atoms. The molecule has 0 radical (unpaired) electrons. The molecule has 0 aromatic heterocycles. The number of urea groups is 1. The second-order valence-electron chi connectivity index (χ2n) is 5.32. The summed E-state index contributed by atoms with van der Waals surface area (Å²) in [6.07, 6.45) is 3.17. The van der Waals surface area contributed by atoms with E-state index in [0.29, 0.717) is 13.1 Å². The van der Waals surface area contributed by atoms with E-state index in [0.717, 1.165) is 19.3 Å². The Morgan fingerprint density at radius 2 is 2.11 bits per heavy atom. The lowest BCUT2D eigenvalue weighted by Gasteiger charge is -2.20. The van der Waals surface area contributed by atoms with Crippen molar-refractivity contribution in [2.24, 2.45) is 11.8 Å². The van der Waals surface area contributed by atoms with Gasteiger partial charge in [0.25, 0.3) is 0 Å². The molecule has 3 atom stereocenters. The van der Waals surface area contributed by atoms with Crippen molar-refractivity contribution >= 4 is 12.0 Å². The Bertz CT molecular complexity index is 307. The van der Waals surface area contributed by atoms with Gasteiger partial charge in [-0.2, -0.15) is 0 Å². The maximum Gasteiger partial charge on any atom is 0.317 e. The zero-order valence-corrected chi connectivity index (χ0v) is 11.5. The smallest absolute Gasteiger partial charge is 0.317 e. The zero-order chi connectivity index (χ0) is 13.7. The summed E-state index contributed by atoms with van der Waals surface area (Å²) < 4.78 is 0. The van der Waals surface area contributed by atoms with Crippen LogP contribution in [0.5, 0.6) is 0 Å². The summed E-state index contributed by atoms with van der Waals surface area (Å²) >= 11 is 0. The largest absolute Gasteiger partial charge is 0.481 e. The molecule has 2 N–H and O–H groups in total. The minimum absolute atomic E-state index is 0.0270. The van der Waals surface area contributed by atoms with Gasteiger partial charge in [0.15, 0.2) is 0 Å². The number of hydrogen-bond acceptors (Lipinski definition) is 2. The number of rotatable bonds is 5. The van der Waals surface area contributed by atoms with Crippen molar-refractivity contribution in [3.05, 3.63) is 0 Å². The van der Waals surface area contributed by atoms with Crippen molar-refractivity contribution in [2.45, 2.75) is 46.1 Å². The third-order valence-corrected chi connectivity index (χ3v) is 3.58. The Kier molecular flexibility index (Phi) is 5.44. The first-order chi connectivity index (χ1) is 8.45. The number of carboxylic acid groups (broad SMARTS) is 1. The lowest BCUT2D eigenvalue weighted by molar-refractivity contribution is -0.142. The number of hydrogen-bond donors (Lipinski definition) is 2. The van der Waals surface area contributed by atoms with E-state index in [2.05, 4.69) is 12.2 Å². The molecule has 0 saturated carbocycles. The van der Waals surface area contributed by atoms with Crippen LogP contribution in [0.1, 0.15) is 40.0 Å². The molecule has 5 nitrogen and oxygen atoms in total. The Labute approximate surface area is 109 Å². The Morgan fingerprint density at radius 1 is 1.44 bits per heavy atom. The van der Waals surface area contributed by atoms with Crippen LogP contribution in [0.4, 0.5) is 4.79 Å². The molecule has 0 aromatic carbocycles. The number of nitrogens with zero attached hydrogens (tertiary/aromatic N) is 1. The van der Waals surface area contributed by atoms with Crippen LogP contribution in [0.3, 0.4) is 0 Å². The van der Waals surface area contributed by atoms with Crippen molar-refractivity contribution in [2.75, 3.05) is 13.1 Å². The molecule has 0 aromatic rings. The third-order valence-electron chi connectivity index (χ3n) is 3.58. The van der Waals surface area contributed by atoms with Crippen molar-refractivity contribution < 1.29 is 14.7 Å². The van der Waals surface area contributed by atoms with Gasteiger partial charge in [0, 0.05) is 19.1 Å². The van der Waals surface area contributed by atoms with Crippen molar-refractivity contribution in [3.8, 4) is 0 Å². The summed E-state index contributed by atoms with van der Waals surface area (Å²) in [4.78, 5) is 24.6. The molecule has 2 amide bonds. The fraction of sp³-hybridized carbons (Fsp3) is 0.846. The van der Waals surface area contributed by atoms with Gasteiger partial charge in [-0.05, 0) is 19.3 Å². The van der Waals surface area contributed by atoms with Gasteiger partial charge in [-0.1, -0.05) is 26.7 Å². The molecular weight excluding hydrogens is 232 g/mol. The van der Waals surface area contributed by atoms with E-state index in [-0.39, 0.29) is 18.0 Å². The monoisotopic (exact) mass is 256 g/mol. The van der Waals surface area contributed by atoms with E-state index >= 15 is 0 Å². The van der Waals surface area contributed by atoms with Gasteiger partial charge in [-0.25, -0.2) is 4.79 Å². The van der Waals surface area contributed by atoms with Gasteiger partial charge < -0.3 is 15.3 Å². The predicted octanol–water partition coefficient (Wildman–Crippen LogP) is 1.93. The van der Waals surface area contributed by atoms with Gasteiger partial charge >= 0.3 is 12.0 Å². The second-order valence-corrected chi connectivity index (χ2v) is 5.32. The molecule has 3 unspecified atom stereocenters. The summed E-state index contributed by atoms with van der Waals surface area (Å²) in [7, 11) is 0. The lowest BCUT2D eigenvalue weighted by atomic mass is 9.99. The molecule has 1 heterocycles. The number of carbonyl (C=O) groups excluding carboxylic acids is 1. The molecule has 1 saturated heterocycles. The second kappa shape index (κ2) is 6.61. The van der Waals surface area contributed by atoms with E-state index in [1.165, 1.54) is 0 Å². The van der Waals surface area contributed by atoms with Crippen LogP contribution in [0, 0.1) is 11.8 Å². The van der Waals surface area contributed by atoms with Gasteiger partial charge in [-0.15, -0.1) is 0 Å². The van der Waals surface area contributed by atoms with Crippen LogP contribution in [-0.4, -0.2) is 41.1 Å². The van der Waals surface area contributed by atoms with E-state index in [1.54, 1.807) is 4.90 Å². The minimum atomic E-state index is -0.808. The molecule has 0 spiro atoms. The SMILES string of the molecule is CCCCC(C)NC(=O)N1CC(C)C(C(=O)O)C1. The fourth-order valence-corrected chi connectivity index (χ4v) is 2.34. The highest BCUT2D eigenvalue weighted by Crippen LogP contribution is 2.23. The van der Waals surface area contributed by atoms with Gasteiger partial charge in [0.1, 0.15) is 0 Å². The number of carbonyl (C=O) groups is 2. The first-order valence-electron chi connectivity index (χ1n) is 6.74. The van der Waals surface area contributed by atoms with Crippen molar-refractivity contribution in [3.63, 3.8) is 0 Å². The zero-order valence-electron chi connectivity index (χ0n) is 11.5. The predicted molar refractivity (Wildman–Crippen MR) is 69.4 cm³/mol. The first-order valence-corrected chi connectivity index (χ1v) is 6.74. The van der Waals surface area contributed by atoms with Gasteiger partial charge in [-0.3, -0.25) is 4.79 Å². The topological polar surface area (TPSA) is 69.6 Å².